The van der Waals surface area contributed by atoms with Crippen LogP contribution in [0.5, 0.6) is 0 Å². The highest BCUT2D eigenvalue weighted by atomic mass is 127. The Balaban J connectivity index is 0.00000364. The molecular weight excluding hydrogens is 471 g/mol. The second-order valence-electron chi connectivity index (χ2n) is 8.03. The van der Waals surface area contributed by atoms with E-state index in [0.717, 1.165) is 51.5 Å². The molecule has 0 bridgehead atoms. The lowest BCUT2D eigenvalue weighted by molar-refractivity contribution is -0.0823. The number of thiazole rings is 1. The molecular formula is C20H37IN4OS. The molecule has 0 aromatic carbocycles. The van der Waals surface area contributed by atoms with E-state index in [-0.39, 0.29) is 35.5 Å². The summed E-state index contributed by atoms with van der Waals surface area (Å²) in [5.41, 5.74) is 0.161. The molecule has 5 nitrogen and oxygen atoms in total. The highest BCUT2D eigenvalue weighted by Crippen LogP contribution is 2.34. The van der Waals surface area contributed by atoms with Gasteiger partial charge >= 0.3 is 0 Å². The molecule has 2 atom stereocenters. The van der Waals surface area contributed by atoms with Crippen molar-refractivity contribution in [1.29, 1.82) is 0 Å². The standard InChI is InChI=1S/C20H36N4OS.HI/c1-6-16-14-23-17(26-16)10-11-22-19(21-7-2)24-13-15-9-8-12-25-18(15)20(3,4)5;/h14-15,18H,6-13H2,1-5H3,(H2,21,22,24);1H. The van der Waals surface area contributed by atoms with Crippen LogP contribution in [0.15, 0.2) is 11.2 Å². The first-order valence-electron chi connectivity index (χ1n) is 10.0. The van der Waals surface area contributed by atoms with Crippen molar-refractivity contribution in [3.05, 3.63) is 16.1 Å². The largest absolute Gasteiger partial charge is 0.377 e. The molecule has 2 rings (SSSR count). The second-order valence-corrected chi connectivity index (χ2v) is 9.23. The number of halogens is 1. The zero-order chi connectivity index (χ0) is 19.0. The van der Waals surface area contributed by atoms with Gasteiger partial charge in [-0.3, -0.25) is 4.99 Å². The lowest BCUT2D eigenvalue weighted by Gasteiger charge is -2.39. The topological polar surface area (TPSA) is 58.5 Å². The van der Waals surface area contributed by atoms with Crippen LogP contribution in [0, 0.1) is 11.3 Å². The Kier molecular flexibility index (Phi) is 11.1. The van der Waals surface area contributed by atoms with Gasteiger partial charge in [0.25, 0.3) is 0 Å². The fourth-order valence-corrected chi connectivity index (χ4v) is 4.31. The third kappa shape index (κ3) is 8.23. The molecule has 1 aromatic heterocycles. The van der Waals surface area contributed by atoms with Crippen LogP contribution in [0.2, 0.25) is 0 Å². The van der Waals surface area contributed by atoms with Gasteiger partial charge in [0.1, 0.15) is 0 Å². The molecule has 0 radical (unpaired) electrons. The zero-order valence-electron chi connectivity index (χ0n) is 17.5. The van der Waals surface area contributed by atoms with Crippen molar-refractivity contribution < 1.29 is 4.74 Å². The summed E-state index contributed by atoms with van der Waals surface area (Å²) < 4.78 is 6.08. The van der Waals surface area contributed by atoms with Crippen molar-refractivity contribution in [3.63, 3.8) is 0 Å². The average molecular weight is 509 g/mol. The Morgan fingerprint density at radius 1 is 1.33 bits per heavy atom. The van der Waals surface area contributed by atoms with E-state index in [9.17, 15) is 0 Å². The fourth-order valence-electron chi connectivity index (χ4n) is 3.45. The van der Waals surface area contributed by atoms with Gasteiger partial charge in [0.2, 0.25) is 0 Å². The van der Waals surface area contributed by atoms with Crippen molar-refractivity contribution in [2.24, 2.45) is 16.3 Å². The minimum absolute atomic E-state index is 0. The second kappa shape index (κ2) is 12.2. The van der Waals surface area contributed by atoms with Crippen LogP contribution in [-0.4, -0.2) is 43.3 Å². The summed E-state index contributed by atoms with van der Waals surface area (Å²) in [4.78, 5) is 10.7. The number of hydrogen-bond acceptors (Lipinski definition) is 4. The van der Waals surface area contributed by atoms with Crippen LogP contribution >= 0.6 is 35.3 Å². The monoisotopic (exact) mass is 508 g/mol. The molecule has 2 heterocycles. The maximum Gasteiger partial charge on any atom is 0.191 e. The number of nitrogens with one attached hydrogen (secondary N) is 2. The van der Waals surface area contributed by atoms with Crippen LogP contribution in [0.4, 0.5) is 0 Å². The summed E-state index contributed by atoms with van der Waals surface area (Å²) in [6.45, 7) is 14.5. The molecule has 0 spiro atoms. The highest BCUT2D eigenvalue weighted by Gasteiger charge is 2.35. The maximum absolute atomic E-state index is 6.08. The van der Waals surface area contributed by atoms with Gasteiger partial charge in [-0.05, 0) is 31.6 Å². The Labute approximate surface area is 186 Å². The lowest BCUT2D eigenvalue weighted by Crippen LogP contribution is -2.43. The molecule has 1 aliphatic rings. The van der Waals surface area contributed by atoms with Crippen molar-refractivity contribution >= 4 is 41.3 Å². The number of aromatic nitrogens is 1. The van der Waals surface area contributed by atoms with Gasteiger partial charge in [0, 0.05) is 49.7 Å². The molecule has 1 aliphatic heterocycles. The summed E-state index contributed by atoms with van der Waals surface area (Å²) in [6, 6.07) is 0. The van der Waals surface area contributed by atoms with E-state index in [1.54, 1.807) is 0 Å². The van der Waals surface area contributed by atoms with Gasteiger partial charge in [-0.1, -0.05) is 27.7 Å². The normalized spacial score (nSPS) is 20.9. The molecule has 0 saturated carbocycles. The Morgan fingerprint density at radius 3 is 2.74 bits per heavy atom. The predicted octanol–water partition coefficient (Wildman–Crippen LogP) is 4.26. The molecule has 2 N–H and O–H groups in total. The number of guanidine groups is 1. The molecule has 2 unspecified atom stereocenters. The third-order valence-electron chi connectivity index (χ3n) is 4.71. The first-order chi connectivity index (χ1) is 12.4. The van der Waals surface area contributed by atoms with E-state index in [4.69, 9.17) is 9.73 Å². The smallest absolute Gasteiger partial charge is 0.191 e. The summed E-state index contributed by atoms with van der Waals surface area (Å²) in [5.74, 6) is 1.39. The molecule has 1 saturated heterocycles. The number of aryl methyl sites for hydroxylation is 1. The summed E-state index contributed by atoms with van der Waals surface area (Å²) in [7, 11) is 0. The summed E-state index contributed by atoms with van der Waals surface area (Å²) >= 11 is 1.81. The summed E-state index contributed by atoms with van der Waals surface area (Å²) in [5, 5.41) is 8.01. The van der Waals surface area contributed by atoms with Crippen LogP contribution < -0.4 is 10.6 Å². The van der Waals surface area contributed by atoms with Gasteiger partial charge in [0.15, 0.2) is 5.96 Å². The number of rotatable bonds is 7. The Hall–Kier alpha value is -0.410. The average Bonchev–Trinajstić information content (AvgIpc) is 3.07. The van der Waals surface area contributed by atoms with Gasteiger partial charge in [-0.15, -0.1) is 35.3 Å². The van der Waals surface area contributed by atoms with Crippen molar-refractivity contribution in [2.75, 3.05) is 26.2 Å². The van der Waals surface area contributed by atoms with Crippen molar-refractivity contribution in [1.82, 2.24) is 15.6 Å². The van der Waals surface area contributed by atoms with Crippen LogP contribution in [-0.2, 0) is 17.6 Å². The van der Waals surface area contributed by atoms with Gasteiger partial charge in [-0.25, -0.2) is 4.98 Å². The number of nitrogens with zero attached hydrogens (tertiary/aromatic N) is 2. The quantitative estimate of drug-likeness (QED) is 0.328. The minimum Gasteiger partial charge on any atom is -0.377 e. The molecule has 7 heteroatoms. The van der Waals surface area contributed by atoms with E-state index in [1.165, 1.54) is 16.3 Å². The number of aliphatic imine (C=N–C) groups is 1. The van der Waals surface area contributed by atoms with Crippen LogP contribution in [0.1, 0.15) is 57.3 Å². The van der Waals surface area contributed by atoms with Gasteiger partial charge in [0.05, 0.1) is 11.1 Å². The van der Waals surface area contributed by atoms with E-state index in [0.29, 0.717) is 5.92 Å². The zero-order valence-corrected chi connectivity index (χ0v) is 20.7. The molecule has 1 aromatic rings. The Morgan fingerprint density at radius 2 is 2.11 bits per heavy atom. The van der Waals surface area contributed by atoms with E-state index >= 15 is 0 Å². The van der Waals surface area contributed by atoms with Gasteiger partial charge in [-0.2, -0.15) is 0 Å². The molecule has 0 amide bonds. The molecule has 1 fully saturated rings. The van der Waals surface area contributed by atoms with E-state index < -0.39 is 0 Å². The van der Waals surface area contributed by atoms with Crippen molar-refractivity contribution in [3.8, 4) is 0 Å². The Bertz CT molecular complexity index is 571. The first-order valence-corrected chi connectivity index (χ1v) is 10.8. The summed E-state index contributed by atoms with van der Waals surface area (Å²) in [6.07, 6.45) is 6.62. The SMILES string of the molecule is CCNC(=NCC1CCCOC1C(C)(C)C)NCCc1ncc(CC)s1.I. The van der Waals surface area contributed by atoms with Crippen LogP contribution in [0.3, 0.4) is 0 Å². The van der Waals surface area contributed by atoms with Crippen molar-refractivity contribution in [2.45, 2.75) is 66.4 Å². The van der Waals surface area contributed by atoms with E-state index in [1.807, 2.05) is 17.5 Å². The van der Waals surface area contributed by atoms with Gasteiger partial charge < -0.3 is 15.4 Å². The minimum atomic E-state index is 0. The first kappa shape index (κ1) is 24.6. The number of hydrogen-bond donors (Lipinski definition) is 2. The fraction of sp³-hybridized carbons (Fsp3) is 0.800. The molecule has 0 aliphatic carbocycles. The third-order valence-corrected chi connectivity index (χ3v) is 5.91. The number of ether oxygens (including phenoxy) is 1. The lowest BCUT2D eigenvalue weighted by atomic mass is 9.78. The van der Waals surface area contributed by atoms with Crippen LogP contribution in [0.25, 0.3) is 0 Å². The predicted molar refractivity (Wildman–Crippen MR) is 127 cm³/mol. The maximum atomic E-state index is 6.08. The molecule has 156 valence electrons. The van der Waals surface area contributed by atoms with E-state index in [2.05, 4.69) is 50.2 Å². The molecule has 27 heavy (non-hydrogen) atoms. The highest BCUT2D eigenvalue weighted by molar-refractivity contribution is 14.0.